The quantitative estimate of drug-likeness (QED) is 0.911. The van der Waals surface area contributed by atoms with Gasteiger partial charge in [0.05, 0.1) is 5.52 Å². The maximum Gasteiger partial charge on any atom is 0.0705 e. The van der Waals surface area contributed by atoms with E-state index in [-0.39, 0.29) is 0 Å². The molecule has 2 atom stereocenters. The van der Waals surface area contributed by atoms with Crippen LogP contribution in [0.3, 0.4) is 0 Å². The van der Waals surface area contributed by atoms with Gasteiger partial charge in [0.2, 0.25) is 0 Å². The highest BCUT2D eigenvalue weighted by Gasteiger charge is 2.29. The van der Waals surface area contributed by atoms with Gasteiger partial charge in [-0.3, -0.25) is 9.88 Å². The first-order valence-corrected chi connectivity index (χ1v) is 7.46. The largest absolute Gasteiger partial charge is 0.330 e. The molecule has 3 heteroatoms. The summed E-state index contributed by atoms with van der Waals surface area (Å²) in [6.07, 6.45) is 2.49. The highest BCUT2D eigenvalue weighted by atomic mass is 15.1. The van der Waals surface area contributed by atoms with Gasteiger partial charge in [-0.05, 0) is 69.6 Å². The van der Waals surface area contributed by atoms with Crippen LogP contribution in [0.4, 0.5) is 0 Å². The molecule has 20 heavy (non-hydrogen) atoms. The van der Waals surface area contributed by atoms with E-state index in [1.807, 2.05) is 6.92 Å². The van der Waals surface area contributed by atoms with Gasteiger partial charge in [-0.15, -0.1) is 0 Å². The first-order valence-electron chi connectivity index (χ1n) is 7.46. The van der Waals surface area contributed by atoms with Crippen LogP contribution >= 0.6 is 0 Å². The van der Waals surface area contributed by atoms with Gasteiger partial charge in [-0.1, -0.05) is 12.1 Å². The van der Waals surface area contributed by atoms with E-state index < -0.39 is 0 Å². The summed E-state index contributed by atoms with van der Waals surface area (Å²) in [5, 5.41) is 1.22. The molecule has 1 aliphatic heterocycles. The molecule has 0 bridgehead atoms. The Kier molecular flexibility index (Phi) is 3.72. The zero-order valence-electron chi connectivity index (χ0n) is 12.3. The molecule has 1 fully saturated rings. The van der Waals surface area contributed by atoms with Crippen LogP contribution in [0.25, 0.3) is 10.9 Å². The smallest absolute Gasteiger partial charge is 0.0705 e. The Labute approximate surface area is 120 Å². The van der Waals surface area contributed by atoms with Crippen LogP contribution in [0.1, 0.15) is 30.1 Å². The van der Waals surface area contributed by atoms with Crippen LogP contribution in [0.5, 0.6) is 0 Å². The highest BCUT2D eigenvalue weighted by Crippen LogP contribution is 2.35. The summed E-state index contributed by atoms with van der Waals surface area (Å²) in [6.45, 7) is 3.96. The van der Waals surface area contributed by atoms with Crippen LogP contribution < -0.4 is 5.73 Å². The predicted molar refractivity (Wildman–Crippen MR) is 83.6 cm³/mol. The molecule has 0 radical (unpaired) electrons. The van der Waals surface area contributed by atoms with Gasteiger partial charge in [-0.25, -0.2) is 0 Å². The van der Waals surface area contributed by atoms with Gasteiger partial charge < -0.3 is 5.73 Å². The second-order valence-electron chi connectivity index (χ2n) is 5.97. The second-order valence-corrected chi connectivity index (χ2v) is 5.97. The number of piperidine rings is 1. The predicted octanol–water partition coefficient (Wildman–Crippen LogP) is 2.88. The summed E-state index contributed by atoms with van der Waals surface area (Å²) in [7, 11) is 2.21. The summed E-state index contributed by atoms with van der Waals surface area (Å²) in [5.74, 6) is 0.560. The van der Waals surface area contributed by atoms with E-state index in [9.17, 15) is 0 Å². The van der Waals surface area contributed by atoms with Gasteiger partial charge >= 0.3 is 0 Å². The van der Waals surface area contributed by atoms with E-state index in [1.54, 1.807) is 0 Å². The van der Waals surface area contributed by atoms with Gasteiger partial charge in [-0.2, -0.15) is 0 Å². The minimum atomic E-state index is 0.444. The Morgan fingerprint density at radius 3 is 2.95 bits per heavy atom. The van der Waals surface area contributed by atoms with Crippen LogP contribution in [-0.2, 0) is 0 Å². The van der Waals surface area contributed by atoms with Gasteiger partial charge in [0, 0.05) is 17.1 Å². The molecule has 1 aromatic carbocycles. The third kappa shape index (κ3) is 2.43. The topological polar surface area (TPSA) is 42.1 Å². The molecular formula is C17H23N3. The number of pyridine rings is 1. The molecule has 3 rings (SSSR count). The highest BCUT2D eigenvalue weighted by molar-refractivity contribution is 5.79. The van der Waals surface area contributed by atoms with Crippen LogP contribution in [0, 0.1) is 12.8 Å². The van der Waals surface area contributed by atoms with E-state index in [1.165, 1.54) is 23.8 Å². The van der Waals surface area contributed by atoms with Crippen molar-refractivity contribution in [1.82, 2.24) is 9.88 Å². The summed E-state index contributed by atoms with van der Waals surface area (Å²) in [4.78, 5) is 7.03. The molecule has 0 saturated carbocycles. The van der Waals surface area contributed by atoms with Crippen molar-refractivity contribution in [3.05, 3.63) is 41.6 Å². The Morgan fingerprint density at radius 2 is 2.15 bits per heavy atom. The van der Waals surface area contributed by atoms with Crippen LogP contribution in [0.15, 0.2) is 30.3 Å². The zero-order valence-corrected chi connectivity index (χ0v) is 12.3. The molecule has 2 heterocycles. The number of nitrogens with two attached hydrogens (primary N) is 1. The fourth-order valence-corrected chi connectivity index (χ4v) is 3.46. The standard InChI is InChI=1S/C17H23N3/c1-12-5-6-13-10-14(7-8-16(13)19-12)17-15(11-18)4-3-9-20(17)2/h5-8,10,15,17H,3-4,9,11,18H2,1-2H3. The molecule has 0 amide bonds. The van der Waals surface area contributed by atoms with Gasteiger partial charge in [0.25, 0.3) is 0 Å². The summed E-state index contributed by atoms with van der Waals surface area (Å²) < 4.78 is 0. The first-order chi connectivity index (χ1) is 9.69. The van der Waals surface area contributed by atoms with Crippen molar-refractivity contribution in [2.75, 3.05) is 20.1 Å². The SMILES string of the molecule is Cc1ccc2cc(C3C(CN)CCCN3C)ccc2n1. The molecule has 106 valence electrons. The summed E-state index contributed by atoms with van der Waals surface area (Å²) >= 11 is 0. The molecule has 1 aliphatic rings. The Balaban J connectivity index is 2.01. The molecule has 3 nitrogen and oxygen atoms in total. The molecule has 2 unspecified atom stereocenters. The summed E-state index contributed by atoms with van der Waals surface area (Å²) in [5.41, 5.74) is 9.51. The molecule has 2 N–H and O–H groups in total. The average molecular weight is 269 g/mol. The van der Waals surface area contributed by atoms with Crippen molar-refractivity contribution in [2.24, 2.45) is 11.7 Å². The fraction of sp³-hybridized carbons (Fsp3) is 0.471. The fourth-order valence-electron chi connectivity index (χ4n) is 3.46. The number of aromatic nitrogens is 1. The number of likely N-dealkylation sites (tertiary alicyclic amines) is 1. The molecular weight excluding hydrogens is 246 g/mol. The average Bonchev–Trinajstić information content (AvgIpc) is 2.46. The van der Waals surface area contributed by atoms with Crippen molar-refractivity contribution < 1.29 is 0 Å². The van der Waals surface area contributed by atoms with E-state index in [2.05, 4.69) is 47.3 Å². The van der Waals surface area contributed by atoms with Gasteiger partial charge in [0.1, 0.15) is 0 Å². The van der Waals surface area contributed by atoms with E-state index in [4.69, 9.17) is 5.73 Å². The van der Waals surface area contributed by atoms with Crippen molar-refractivity contribution in [3.8, 4) is 0 Å². The van der Waals surface area contributed by atoms with E-state index in [0.717, 1.165) is 24.3 Å². The van der Waals surface area contributed by atoms with E-state index in [0.29, 0.717) is 12.0 Å². The maximum atomic E-state index is 5.99. The Bertz CT molecular complexity index is 608. The number of aryl methyl sites for hydroxylation is 1. The van der Waals surface area contributed by atoms with Crippen LogP contribution in [0.2, 0.25) is 0 Å². The minimum absolute atomic E-state index is 0.444. The second kappa shape index (κ2) is 5.51. The molecule has 1 saturated heterocycles. The van der Waals surface area contributed by atoms with Crippen molar-refractivity contribution >= 4 is 10.9 Å². The normalized spacial score (nSPS) is 24.1. The van der Waals surface area contributed by atoms with E-state index >= 15 is 0 Å². The third-order valence-electron chi connectivity index (χ3n) is 4.50. The zero-order chi connectivity index (χ0) is 14.1. The summed E-state index contributed by atoms with van der Waals surface area (Å²) in [6, 6.07) is 11.4. The molecule has 1 aromatic heterocycles. The Hall–Kier alpha value is -1.45. The molecule has 0 aliphatic carbocycles. The van der Waals surface area contributed by atoms with Gasteiger partial charge in [0.15, 0.2) is 0 Å². The third-order valence-corrected chi connectivity index (χ3v) is 4.50. The number of benzene rings is 1. The minimum Gasteiger partial charge on any atom is -0.330 e. The lowest BCUT2D eigenvalue weighted by Crippen LogP contribution is -2.39. The van der Waals surface area contributed by atoms with Crippen molar-refractivity contribution in [2.45, 2.75) is 25.8 Å². The van der Waals surface area contributed by atoms with Crippen molar-refractivity contribution in [1.29, 1.82) is 0 Å². The number of rotatable bonds is 2. The lowest BCUT2D eigenvalue weighted by molar-refractivity contribution is 0.125. The lowest BCUT2D eigenvalue weighted by atomic mass is 9.84. The van der Waals surface area contributed by atoms with Crippen molar-refractivity contribution in [3.63, 3.8) is 0 Å². The molecule has 0 spiro atoms. The lowest BCUT2D eigenvalue weighted by Gasteiger charge is -2.39. The molecule has 2 aromatic rings. The monoisotopic (exact) mass is 269 g/mol. The first kappa shape index (κ1) is 13.5. The maximum absolute atomic E-state index is 5.99. The number of nitrogens with zero attached hydrogens (tertiary/aromatic N) is 2. The number of hydrogen-bond acceptors (Lipinski definition) is 3. The van der Waals surface area contributed by atoms with Crippen LogP contribution in [-0.4, -0.2) is 30.0 Å². The Morgan fingerprint density at radius 1 is 1.30 bits per heavy atom. The number of fused-ring (bicyclic) bond motifs is 1. The number of hydrogen-bond donors (Lipinski definition) is 1.